The maximum atomic E-state index is 12.6. The van der Waals surface area contributed by atoms with Gasteiger partial charge in [-0.2, -0.15) is 29.2 Å². The molecule has 0 spiro atoms. The van der Waals surface area contributed by atoms with Gasteiger partial charge in [0.25, 0.3) is 0 Å². The van der Waals surface area contributed by atoms with Gasteiger partial charge in [-0.1, -0.05) is 0 Å². The summed E-state index contributed by atoms with van der Waals surface area (Å²) in [6.45, 7) is 2.54. The molecule has 2 fully saturated rings. The van der Waals surface area contributed by atoms with Crippen LogP contribution in [0.25, 0.3) is 0 Å². The van der Waals surface area contributed by atoms with Gasteiger partial charge in [0.2, 0.25) is 0 Å². The lowest BCUT2D eigenvalue weighted by Gasteiger charge is -2.36. The van der Waals surface area contributed by atoms with Crippen LogP contribution in [0.1, 0.15) is 25.7 Å². The van der Waals surface area contributed by atoms with Gasteiger partial charge in [0.05, 0.1) is 0 Å². The molecule has 2 heterocycles. The zero-order chi connectivity index (χ0) is 20.8. The third-order valence-corrected chi connectivity index (χ3v) is 8.45. The summed E-state index contributed by atoms with van der Waals surface area (Å²) >= 11 is 1.82. The zero-order valence-electron chi connectivity index (χ0n) is 16.2. The molecule has 7 nitrogen and oxygen atoms in total. The fourth-order valence-corrected chi connectivity index (χ4v) is 5.18. The smallest absolute Gasteiger partial charge is 0.381 e. The summed E-state index contributed by atoms with van der Waals surface area (Å²) in [4.78, 5) is 4.21. The van der Waals surface area contributed by atoms with Crippen LogP contribution in [0.5, 0.6) is 0 Å². The summed E-state index contributed by atoms with van der Waals surface area (Å²) in [7, 11) is -3.56. The van der Waals surface area contributed by atoms with Crippen LogP contribution in [0.15, 0.2) is 4.99 Å². The maximum Gasteiger partial charge on any atom is 0.511 e. The molecule has 0 atom stereocenters. The number of nitrogens with zero attached hydrogens (tertiary/aromatic N) is 2. The van der Waals surface area contributed by atoms with Crippen molar-refractivity contribution < 1.29 is 26.3 Å². The highest BCUT2D eigenvalue weighted by molar-refractivity contribution is 8.00. The zero-order valence-corrected chi connectivity index (χ0v) is 17.9. The van der Waals surface area contributed by atoms with Crippen LogP contribution < -0.4 is 10.6 Å². The number of piperidine rings is 1. The Morgan fingerprint density at radius 3 is 2.36 bits per heavy atom. The first-order valence-electron chi connectivity index (χ1n) is 9.27. The Morgan fingerprint density at radius 1 is 1.25 bits per heavy atom. The molecule has 0 aliphatic carbocycles. The van der Waals surface area contributed by atoms with Gasteiger partial charge in [-0.15, -0.1) is 0 Å². The largest absolute Gasteiger partial charge is 0.511 e. The van der Waals surface area contributed by atoms with E-state index in [1.54, 1.807) is 7.05 Å². The molecule has 2 aliphatic rings. The van der Waals surface area contributed by atoms with E-state index < -0.39 is 15.5 Å². The van der Waals surface area contributed by atoms with Gasteiger partial charge < -0.3 is 15.4 Å². The van der Waals surface area contributed by atoms with Crippen LogP contribution in [-0.2, 0) is 14.8 Å². The average molecular weight is 447 g/mol. The first kappa shape index (κ1) is 23.6. The van der Waals surface area contributed by atoms with Gasteiger partial charge in [0, 0.05) is 51.2 Å². The molecule has 0 aromatic rings. The highest BCUT2D eigenvalue weighted by Crippen LogP contribution is 2.33. The summed E-state index contributed by atoms with van der Waals surface area (Å²) in [5, 5.41) is 6.54. The molecule has 0 bridgehead atoms. The molecule has 0 amide bonds. The molecule has 2 aliphatic heterocycles. The number of thioether (sulfide) groups is 1. The van der Waals surface area contributed by atoms with Gasteiger partial charge >= 0.3 is 15.5 Å². The summed E-state index contributed by atoms with van der Waals surface area (Å²) in [5.74, 6) is 0.737. The van der Waals surface area contributed by atoms with Crippen molar-refractivity contribution in [2.75, 3.05) is 52.7 Å². The van der Waals surface area contributed by atoms with E-state index in [2.05, 4.69) is 21.9 Å². The summed E-state index contributed by atoms with van der Waals surface area (Å²) in [6, 6.07) is 0. The van der Waals surface area contributed by atoms with E-state index in [-0.39, 0.29) is 23.8 Å². The second-order valence-corrected chi connectivity index (χ2v) is 10.3. The standard InChI is InChI=1S/C16H29F3N4O3S2/c1-20-14(22-12-15(27-2)5-9-26-10-6-15)21-11-13-3-7-23(8-4-13)28(24,25)16(17,18)19/h13H,3-12H2,1-2H3,(H2,20,21,22). The van der Waals surface area contributed by atoms with Crippen molar-refractivity contribution in [3.63, 3.8) is 0 Å². The predicted octanol–water partition coefficient (Wildman–Crippen LogP) is 1.63. The Hall–Kier alpha value is -0.720. The van der Waals surface area contributed by atoms with Crippen molar-refractivity contribution in [1.29, 1.82) is 0 Å². The number of aliphatic imine (C=N–C) groups is 1. The third kappa shape index (κ3) is 5.90. The van der Waals surface area contributed by atoms with E-state index in [4.69, 9.17) is 4.74 Å². The van der Waals surface area contributed by atoms with Crippen LogP contribution in [0, 0.1) is 5.92 Å². The molecule has 0 aromatic heterocycles. The molecule has 12 heteroatoms. The fraction of sp³-hybridized carbons (Fsp3) is 0.938. The Kier molecular flexibility index (Phi) is 8.29. The minimum atomic E-state index is -5.23. The topological polar surface area (TPSA) is 83.0 Å². The van der Waals surface area contributed by atoms with Gasteiger partial charge in [-0.3, -0.25) is 4.99 Å². The van der Waals surface area contributed by atoms with Gasteiger partial charge in [-0.25, -0.2) is 8.42 Å². The Bertz CT molecular complexity index is 630. The fourth-order valence-electron chi connectivity index (χ4n) is 3.40. The van der Waals surface area contributed by atoms with Crippen molar-refractivity contribution >= 4 is 27.7 Å². The van der Waals surface area contributed by atoms with Crippen molar-refractivity contribution in [3.05, 3.63) is 0 Å². The summed E-state index contributed by atoms with van der Waals surface area (Å²) in [6.07, 6.45) is 4.78. The SMILES string of the molecule is CN=C(NCC1CCN(S(=O)(=O)C(F)(F)F)CC1)NCC1(SC)CCOCC1. The van der Waals surface area contributed by atoms with Gasteiger partial charge in [0.15, 0.2) is 5.96 Å². The van der Waals surface area contributed by atoms with E-state index in [1.807, 2.05) is 11.8 Å². The first-order valence-corrected chi connectivity index (χ1v) is 11.9. The lowest BCUT2D eigenvalue weighted by molar-refractivity contribution is -0.0496. The quantitative estimate of drug-likeness (QED) is 0.477. The number of halogens is 3. The Morgan fingerprint density at radius 2 is 1.86 bits per heavy atom. The van der Waals surface area contributed by atoms with E-state index in [9.17, 15) is 21.6 Å². The van der Waals surface area contributed by atoms with Crippen LogP contribution in [0.4, 0.5) is 13.2 Å². The second kappa shape index (κ2) is 9.86. The van der Waals surface area contributed by atoms with E-state index in [0.29, 0.717) is 29.7 Å². The lowest BCUT2D eigenvalue weighted by Crippen LogP contribution is -2.50. The molecule has 0 radical (unpaired) electrons. The van der Waals surface area contributed by atoms with Crippen LogP contribution >= 0.6 is 11.8 Å². The Balaban J connectivity index is 1.77. The molecule has 2 rings (SSSR count). The van der Waals surface area contributed by atoms with Crippen LogP contribution in [0.3, 0.4) is 0 Å². The number of guanidine groups is 1. The molecule has 164 valence electrons. The second-order valence-electron chi connectivity index (χ2n) is 7.10. The monoisotopic (exact) mass is 446 g/mol. The van der Waals surface area contributed by atoms with Gasteiger partial charge in [0.1, 0.15) is 0 Å². The molecule has 0 aromatic carbocycles. The van der Waals surface area contributed by atoms with Crippen molar-refractivity contribution in [2.24, 2.45) is 10.9 Å². The van der Waals surface area contributed by atoms with E-state index >= 15 is 0 Å². The lowest BCUT2D eigenvalue weighted by atomic mass is 9.98. The number of sulfonamides is 1. The number of rotatable bonds is 6. The molecule has 0 unspecified atom stereocenters. The average Bonchev–Trinajstić information content (AvgIpc) is 2.68. The first-order chi connectivity index (χ1) is 13.1. The Labute approximate surface area is 168 Å². The maximum absolute atomic E-state index is 12.6. The third-order valence-electron chi connectivity index (χ3n) is 5.40. The van der Waals surface area contributed by atoms with Gasteiger partial charge in [-0.05, 0) is 37.9 Å². The number of ether oxygens (including phenoxy) is 1. The van der Waals surface area contributed by atoms with E-state index in [0.717, 1.165) is 32.6 Å². The molecular weight excluding hydrogens is 417 g/mol. The van der Waals surface area contributed by atoms with Crippen molar-refractivity contribution in [1.82, 2.24) is 14.9 Å². The predicted molar refractivity (Wildman–Crippen MR) is 105 cm³/mol. The summed E-state index contributed by atoms with van der Waals surface area (Å²) in [5.41, 5.74) is -5.23. The molecule has 2 N–H and O–H groups in total. The summed E-state index contributed by atoms with van der Waals surface area (Å²) < 4.78 is 66.9. The molecule has 28 heavy (non-hydrogen) atoms. The number of hydrogen-bond acceptors (Lipinski definition) is 5. The normalized spacial score (nSPS) is 22.8. The molecule has 2 saturated heterocycles. The van der Waals surface area contributed by atoms with Crippen molar-refractivity contribution in [2.45, 2.75) is 35.9 Å². The molecule has 0 saturated carbocycles. The molecular formula is C16H29F3N4O3S2. The minimum Gasteiger partial charge on any atom is -0.381 e. The van der Waals surface area contributed by atoms with Crippen LogP contribution in [-0.4, -0.2) is 81.6 Å². The van der Waals surface area contributed by atoms with Crippen molar-refractivity contribution in [3.8, 4) is 0 Å². The number of hydrogen-bond donors (Lipinski definition) is 2. The van der Waals surface area contributed by atoms with Crippen LogP contribution in [0.2, 0.25) is 0 Å². The minimum absolute atomic E-state index is 0.0934. The number of nitrogens with one attached hydrogen (secondary N) is 2. The highest BCUT2D eigenvalue weighted by atomic mass is 32.2. The highest BCUT2D eigenvalue weighted by Gasteiger charge is 2.50. The number of alkyl halides is 3. The van der Waals surface area contributed by atoms with E-state index in [1.165, 1.54) is 0 Å².